The van der Waals surface area contributed by atoms with Gasteiger partial charge in [-0.25, -0.2) is 4.79 Å². The largest absolute Gasteiger partial charge is 0.444 e. The van der Waals surface area contributed by atoms with E-state index in [2.05, 4.69) is 22.6 Å². The molecule has 1 aliphatic heterocycles. The first-order valence-corrected chi connectivity index (χ1v) is 8.08. The Morgan fingerprint density at radius 2 is 2.17 bits per heavy atom. The van der Waals surface area contributed by atoms with Gasteiger partial charge in [0, 0.05) is 29.5 Å². The van der Waals surface area contributed by atoms with E-state index >= 15 is 0 Å². The summed E-state index contributed by atoms with van der Waals surface area (Å²) in [6, 6.07) is 0.121. The van der Waals surface area contributed by atoms with Crippen LogP contribution in [0.1, 0.15) is 40.0 Å². The number of hydrogen-bond donors (Lipinski definition) is 1. The van der Waals surface area contributed by atoms with Crippen LogP contribution >= 0.6 is 22.6 Å². The van der Waals surface area contributed by atoms with Gasteiger partial charge in [0.15, 0.2) is 0 Å². The lowest BCUT2D eigenvalue weighted by Gasteiger charge is -2.41. The molecule has 0 aromatic heterocycles. The molecule has 0 spiro atoms. The molecule has 5 heteroatoms. The van der Waals surface area contributed by atoms with Crippen LogP contribution in [0.15, 0.2) is 0 Å². The number of halogens is 1. The van der Waals surface area contributed by atoms with Crippen LogP contribution in [-0.4, -0.2) is 45.3 Å². The molecule has 18 heavy (non-hydrogen) atoms. The van der Waals surface area contributed by atoms with Gasteiger partial charge in [0.2, 0.25) is 0 Å². The number of ether oxygens (including phenoxy) is 1. The van der Waals surface area contributed by atoms with Gasteiger partial charge in [0.25, 0.3) is 0 Å². The van der Waals surface area contributed by atoms with Crippen LogP contribution in [-0.2, 0) is 4.74 Å². The summed E-state index contributed by atoms with van der Waals surface area (Å²) >= 11 is 2.32. The number of carbonyl (C=O) groups excluding carboxylic acids is 1. The Morgan fingerprint density at radius 3 is 2.67 bits per heavy atom. The zero-order chi connectivity index (χ0) is 13.8. The highest BCUT2D eigenvalue weighted by atomic mass is 127. The maximum Gasteiger partial charge on any atom is 0.410 e. The maximum atomic E-state index is 12.2. The van der Waals surface area contributed by atoms with Crippen LogP contribution < -0.4 is 0 Å². The van der Waals surface area contributed by atoms with Gasteiger partial charge >= 0.3 is 6.09 Å². The van der Waals surface area contributed by atoms with E-state index in [9.17, 15) is 9.90 Å². The summed E-state index contributed by atoms with van der Waals surface area (Å²) in [5, 5.41) is 9.44. The van der Waals surface area contributed by atoms with Crippen LogP contribution in [0.5, 0.6) is 0 Å². The number of likely N-dealkylation sites (tertiary alicyclic amines) is 1. The lowest BCUT2D eigenvalue weighted by Crippen LogP contribution is -2.51. The van der Waals surface area contributed by atoms with Crippen molar-refractivity contribution in [3.05, 3.63) is 0 Å². The third-order valence-corrected chi connectivity index (χ3v) is 3.81. The van der Waals surface area contributed by atoms with Crippen molar-refractivity contribution in [3.8, 4) is 0 Å². The molecule has 1 N–H and O–H groups in total. The van der Waals surface area contributed by atoms with Gasteiger partial charge in [0.05, 0.1) is 0 Å². The van der Waals surface area contributed by atoms with Crippen molar-refractivity contribution in [2.24, 2.45) is 5.92 Å². The lowest BCUT2D eigenvalue weighted by atomic mass is 9.88. The van der Waals surface area contributed by atoms with E-state index in [1.165, 1.54) is 0 Å². The second-order valence-electron chi connectivity index (χ2n) is 5.80. The number of carbonyl (C=O) groups is 1. The summed E-state index contributed by atoms with van der Waals surface area (Å²) in [4.78, 5) is 14.0. The Kier molecular flexibility index (Phi) is 6.17. The molecule has 4 nitrogen and oxygen atoms in total. The molecular formula is C13H24INO3. The molecule has 0 aliphatic carbocycles. The summed E-state index contributed by atoms with van der Waals surface area (Å²) < 4.78 is 6.43. The fourth-order valence-corrected chi connectivity index (χ4v) is 3.04. The van der Waals surface area contributed by atoms with Crippen molar-refractivity contribution in [1.82, 2.24) is 4.90 Å². The number of aliphatic hydroxyl groups excluding tert-OH is 1. The smallest absolute Gasteiger partial charge is 0.410 e. The molecule has 1 saturated heterocycles. The highest BCUT2D eigenvalue weighted by Crippen LogP contribution is 2.27. The molecule has 0 bridgehead atoms. The number of aliphatic hydroxyl groups is 1. The van der Waals surface area contributed by atoms with Gasteiger partial charge in [0.1, 0.15) is 5.60 Å². The van der Waals surface area contributed by atoms with Crippen molar-refractivity contribution >= 4 is 28.7 Å². The first-order chi connectivity index (χ1) is 8.39. The molecule has 1 heterocycles. The molecule has 1 aliphatic rings. The first-order valence-electron chi connectivity index (χ1n) is 6.55. The average Bonchev–Trinajstić information content (AvgIpc) is 2.27. The summed E-state index contributed by atoms with van der Waals surface area (Å²) in [7, 11) is 0. The van der Waals surface area contributed by atoms with Crippen LogP contribution in [0.3, 0.4) is 0 Å². The summed E-state index contributed by atoms with van der Waals surface area (Å²) in [5.74, 6) is 0.195. The van der Waals surface area contributed by atoms with E-state index in [4.69, 9.17) is 4.74 Å². The third kappa shape index (κ3) is 4.57. The highest BCUT2D eigenvalue weighted by Gasteiger charge is 2.35. The minimum atomic E-state index is -0.460. The summed E-state index contributed by atoms with van der Waals surface area (Å²) in [6.45, 7) is 6.54. The van der Waals surface area contributed by atoms with Crippen LogP contribution in [0.25, 0.3) is 0 Å². The van der Waals surface area contributed by atoms with Gasteiger partial charge in [-0.3, -0.25) is 0 Å². The number of rotatable bonds is 3. The van der Waals surface area contributed by atoms with Crippen LogP contribution in [0, 0.1) is 5.92 Å². The third-order valence-electron chi connectivity index (χ3n) is 3.19. The van der Waals surface area contributed by atoms with Gasteiger partial charge < -0.3 is 14.7 Å². The van der Waals surface area contributed by atoms with Gasteiger partial charge in [-0.1, -0.05) is 22.6 Å². The second-order valence-corrected chi connectivity index (χ2v) is 6.88. The second kappa shape index (κ2) is 6.93. The molecule has 1 rings (SSSR count). The first kappa shape index (κ1) is 16.0. The number of hydrogen-bond acceptors (Lipinski definition) is 3. The minimum Gasteiger partial charge on any atom is -0.444 e. The van der Waals surface area contributed by atoms with Crippen LogP contribution in [0.2, 0.25) is 0 Å². The standard InChI is InChI=1S/C13H24INO3/c1-13(2,3)18-12(17)15-8-4-5-10(9-16)11(15)6-7-14/h10-11,16H,4-9H2,1-3H3/t10-,11?/m1/s1. The summed E-state index contributed by atoms with van der Waals surface area (Å²) in [6.07, 6.45) is 2.63. The minimum absolute atomic E-state index is 0.121. The van der Waals surface area contributed by atoms with Crippen molar-refractivity contribution in [2.45, 2.75) is 51.7 Å². The number of alkyl halides is 1. The zero-order valence-electron chi connectivity index (χ0n) is 11.5. The molecular weight excluding hydrogens is 345 g/mol. The number of nitrogens with zero attached hydrogens (tertiary/aromatic N) is 1. The molecule has 2 atom stereocenters. The van der Waals surface area contributed by atoms with E-state index in [0.717, 1.165) is 30.2 Å². The molecule has 0 saturated carbocycles. The predicted octanol–water partition coefficient (Wildman–Crippen LogP) is 2.82. The van der Waals surface area contributed by atoms with E-state index in [-0.39, 0.29) is 24.7 Å². The highest BCUT2D eigenvalue weighted by molar-refractivity contribution is 14.1. The molecule has 0 aromatic rings. The van der Waals surface area contributed by atoms with Crippen molar-refractivity contribution in [1.29, 1.82) is 0 Å². The Hall–Kier alpha value is -0.0400. The molecule has 1 fully saturated rings. The quantitative estimate of drug-likeness (QED) is 0.615. The molecule has 0 radical (unpaired) electrons. The molecule has 1 amide bonds. The number of piperidine rings is 1. The Bertz CT molecular complexity index is 278. The van der Waals surface area contributed by atoms with E-state index in [1.807, 2.05) is 25.7 Å². The van der Waals surface area contributed by atoms with Crippen molar-refractivity contribution < 1.29 is 14.6 Å². The topological polar surface area (TPSA) is 49.8 Å². The van der Waals surface area contributed by atoms with Crippen LogP contribution in [0.4, 0.5) is 4.79 Å². The van der Waals surface area contributed by atoms with E-state index in [0.29, 0.717) is 0 Å². The monoisotopic (exact) mass is 369 g/mol. The number of amides is 1. The predicted molar refractivity (Wildman–Crippen MR) is 80.0 cm³/mol. The van der Waals surface area contributed by atoms with E-state index < -0.39 is 5.60 Å². The normalized spacial score (nSPS) is 25.1. The Labute approximate surface area is 123 Å². The Morgan fingerprint density at radius 1 is 1.50 bits per heavy atom. The fraction of sp³-hybridized carbons (Fsp3) is 0.923. The van der Waals surface area contributed by atoms with Crippen molar-refractivity contribution in [3.63, 3.8) is 0 Å². The fourth-order valence-electron chi connectivity index (χ4n) is 2.40. The average molecular weight is 369 g/mol. The van der Waals surface area contributed by atoms with Gasteiger partial charge in [-0.05, 0) is 40.0 Å². The molecule has 106 valence electrons. The van der Waals surface area contributed by atoms with Gasteiger partial charge in [-0.2, -0.15) is 0 Å². The molecule has 1 unspecified atom stereocenters. The zero-order valence-corrected chi connectivity index (χ0v) is 13.6. The van der Waals surface area contributed by atoms with E-state index in [1.54, 1.807) is 0 Å². The SMILES string of the molecule is CC(C)(C)OC(=O)N1CCC[C@H](CO)C1CCI. The Balaban J connectivity index is 2.73. The maximum absolute atomic E-state index is 12.2. The van der Waals surface area contributed by atoms with Crippen molar-refractivity contribution in [2.75, 3.05) is 17.6 Å². The lowest BCUT2D eigenvalue weighted by molar-refractivity contribution is -0.00687. The molecule has 0 aromatic carbocycles. The summed E-state index contributed by atoms with van der Waals surface area (Å²) in [5.41, 5.74) is -0.460. The van der Waals surface area contributed by atoms with Gasteiger partial charge in [-0.15, -0.1) is 0 Å².